The molecule has 0 bridgehead atoms. The highest BCUT2D eigenvalue weighted by Crippen LogP contribution is 2.28. The quantitative estimate of drug-likeness (QED) is 0.0248. The standard InChI is InChI=1S/C12H15NO2Si.C10H11F3N2O3S.2C9H12N2O.C9H8N2O.C8H10N2O.C7H6INO2.C7H7NO2/c1-15-12-7-10(5-6-16(2,3)4)11(9-14)8-13-12;1-15-3-2-7-4-9(14-5-8(7)6-15)18-19(16,17)10(11,12)13;1-11-3-2-7-4-9(12)10-5-8(7)6-11;2*1-12-9-4-7-2-3-10-5-8(7)6-11-9;11-8-3-6-1-2-9-4-7(6)5-10-8;1-11-7-2-6(8)5(4-10)3-9-7;1-10-7-3-2-6(5-9)4-8-7/h7-9H,1-4H3;4-5H,2-3,6H2,1H3;4-5H,2-3,6H2,1H3,(H,10,12);4,6,10H,2-3,5H2,1H3;2-6H,1H3;3,5,9H,1-2,4H2,(H,10,11);2-4H,1H3;2-5H,1H3. The predicted molar refractivity (Wildman–Crippen MR) is 393 cm³/mol. The van der Waals surface area contributed by atoms with Crippen molar-refractivity contribution in [1.29, 1.82) is 0 Å². The van der Waals surface area contributed by atoms with Crippen molar-refractivity contribution < 1.29 is 63.8 Å². The minimum absolute atomic E-state index is 0.00523. The molecule has 9 aromatic heterocycles. The molecular formula is C71H81F3IN13O13SSi. The highest BCUT2D eigenvalue weighted by molar-refractivity contribution is 14.1. The highest BCUT2D eigenvalue weighted by Gasteiger charge is 2.49. The molecule has 0 unspecified atom stereocenters. The van der Waals surface area contributed by atoms with Crippen LogP contribution in [-0.2, 0) is 62.0 Å². The van der Waals surface area contributed by atoms with Crippen LogP contribution in [0, 0.1) is 15.0 Å². The Morgan fingerprint density at radius 3 is 1.60 bits per heavy atom. The zero-order valence-electron chi connectivity index (χ0n) is 58.5. The van der Waals surface area contributed by atoms with Crippen LogP contribution in [0.1, 0.15) is 81.1 Å². The molecule has 26 nitrogen and oxygen atoms in total. The number of carbonyl (C=O) groups excluding carboxylic acids is 3. The topological polar surface area (TPSA) is 327 Å². The summed E-state index contributed by atoms with van der Waals surface area (Å²) in [5.74, 6) is 5.36. The van der Waals surface area contributed by atoms with Crippen molar-refractivity contribution in [3.8, 4) is 46.7 Å². The van der Waals surface area contributed by atoms with Gasteiger partial charge in [-0.3, -0.25) is 29.0 Å². The lowest BCUT2D eigenvalue weighted by Gasteiger charge is -2.24. The maximum absolute atomic E-state index is 12.2. The van der Waals surface area contributed by atoms with E-state index < -0.39 is 29.6 Å². The van der Waals surface area contributed by atoms with Gasteiger partial charge in [-0.25, -0.2) is 29.9 Å². The average molecular weight is 1570 g/mol. The molecule has 0 spiro atoms. The summed E-state index contributed by atoms with van der Waals surface area (Å²) in [6.07, 6.45) is 22.5. The van der Waals surface area contributed by atoms with Gasteiger partial charge >= 0.3 is 15.6 Å². The number of nitrogens with zero attached hydrogens (tertiary/aromatic N) is 9. The number of halogens is 4. The van der Waals surface area contributed by atoms with Crippen molar-refractivity contribution in [3.63, 3.8) is 0 Å². The van der Waals surface area contributed by atoms with E-state index in [1.165, 1.54) is 71.3 Å². The fraction of sp³-hybridized carbons (Fsp3) is 0.324. The average Bonchev–Trinajstić information content (AvgIpc) is 0.811. The lowest BCUT2D eigenvalue weighted by molar-refractivity contribution is -0.0501. The number of ether oxygens (including phenoxy) is 5. The van der Waals surface area contributed by atoms with E-state index >= 15 is 0 Å². The molecule has 0 saturated carbocycles. The molecular weight excluding hydrogens is 1490 g/mol. The van der Waals surface area contributed by atoms with Crippen molar-refractivity contribution >= 4 is 70.4 Å². The first-order valence-electron chi connectivity index (χ1n) is 31.8. The Hall–Kier alpha value is -9.89. The molecule has 103 heavy (non-hydrogen) atoms. The Balaban J connectivity index is 0.000000186. The van der Waals surface area contributed by atoms with Crippen molar-refractivity contribution in [2.24, 2.45) is 0 Å². The van der Waals surface area contributed by atoms with E-state index in [4.69, 9.17) is 23.7 Å². The van der Waals surface area contributed by atoms with Crippen molar-refractivity contribution in [2.75, 3.05) is 75.8 Å². The smallest absolute Gasteiger partial charge is 0.481 e. The fourth-order valence-corrected chi connectivity index (χ4v) is 11.0. The number of aldehydes is 3. The van der Waals surface area contributed by atoms with Crippen LogP contribution >= 0.6 is 22.6 Å². The molecule has 32 heteroatoms. The van der Waals surface area contributed by atoms with Crippen LogP contribution in [0.3, 0.4) is 0 Å². The molecule has 0 radical (unpaired) electrons. The molecule has 0 atom stereocenters. The van der Waals surface area contributed by atoms with Gasteiger partial charge in [0.2, 0.25) is 46.4 Å². The summed E-state index contributed by atoms with van der Waals surface area (Å²) in [5, 5.41) is 8.66. The van der Waals surface area contributed by atoms with Gasteiger partial charge in [0.25, 0.3) is 0 Å². The first kappa shape index (κ1) is 82.1. The second-order valence-electron chi connectivity index (χ2n) is 23.8. The SMILES string of the molecule is CN1CCc2cc(=O)[nH]cc2C1.CN1CCc2cc(OS(=O)(=O)C(F)(F)F)ncc2C1.COc1cc(C#C[Si](C)(C)C)c(C=O)cn1.COc1cc(I)c(C=O)cn1.COc1cc2c(cn1)CNCC2.COc1cc2ccncc2cn1.COc1ccc(C=O)cn1.O=c1cc2c(c[nH]1)CNCC2. The van der Waals surface area contributed by atoms with E-state index in [0.29, 0.717) is 58.7 Å². The summed E-state index contributed by atoms with van der Waals surface area (Å²) >= 11 is 2.06. The number of H-pyrrole nitrogens is 2. The number of rotatable bonds is 10. The van der Waals surface area contributed by atoms with E-state index in [0.717, 1.165) is 115 Å². The second kappa shape index (κ2) is 40.7. The Morgan fingerprint density at radius 2 is 1.03 bits per heavy atom. The van der Waals surface area contributed by atoms with Crippen molar-refractivity contribution in [2.45, 2.75) is 77.0 Å². The van der Waals surface area contributed by atoms with E-state index in [1.54, 1.807) is 89.6 Å². The molecule has 0 aliphatic carbocycles. The van der Waals surface area contributed by atoms with Crippen LogP contribution in [0.4, 0.5) is 13.2 Å². The van der Waals surface area contributed by atoms with Gasteiger partial charge in [0, 0.05) is 181 Å². The number of fused-ring (bicyclic) bond motifs is 5. The number of hydrogen-bond donors (Lipinski definition) is 4. The van der Waals surface area contributed by atoms with Crippen LogP contribution in [0.25, 0.3) is 10.8 Å². The van der Waals surface area contributed by atoms with Crippen molar-refractivity contribution in [3.05, 3.63) is 214 Å². The Morgan fingerprint density at radius 1 is 0.534 bits per heavy atom. The maximum Gasteiger partial charge on any atom is 0.534 e. The summed E-state index contributed by atoms with van der Waals surface area (Å²) in [6.45, 7) is 13.7. The number of alkyl halides is 3. The summed E-state index contributed by atoms with van der Waals surface area (Å²) < 4.78 is 87.7. The molecule has 0 fully saturated rings. The van der Waals surface area contributed by atoms with Crippen LogP contribution in [0.15, 0.2) is 132 Å². The Bertz CT molecular complexity index is 4600. The van der Waals surface area contributed by atoms with Gasteiger partial charge in [-0.2, -0.15) is 21.6 Å². The van der Waals surface area contributed by atoms with Gasteiger partial charge in [0.05, 0.1) is 35.5 Å². The largest absolute Gasteiger partial charge is 0.534 e. The van der Waals surface area contributed by atoms with Gasteiger partial charge in [-0.05, 0) is 137 Å². The third kappa shape index (κ3) is 27.1. The summed E-state index contributed by atoms with van der Waals surface area (Å²) in [4.78, 5) is 90.2. The molecule has 9 aromatic rings. The van der Waals surface area contributed by atoms with Gasteiger partial charge in [0.1, 0.15) is 8.07 Å². The zero-order valence-corrected chi connectivity index (χ0v) is 62.5. The molecule has 13 rings (SSSR count). The van der Waals surface area contributed by atoms with Gasteiger partial charge in [0.15, 0.2) is 18.9 Å². The minimum Gasteiger partial charge on any atom is -0.481 e. The number of aromatic nitrogens is 9. The number of nitrogens with one attached hydrogen (secondary N) is 4. The Kier molecular flexibility index (Phi) is 32.4. The van der Waals surface area contributed by atoms with E-state index in [2.05, 4.69) is 125 Å². The fourth-order valence-electron chi connectivity index (χ4n) is 9.50. The number of likely N-dealkylation sites (N-methyl/N-ethyl adjacent to an activating group) is 2. The van der Waals surface area contributed by atoms with Crippen LogP contribution in [0.5, 0.6) is 35.3 Å². The molecule has 0 saturated heterocycles. The zero-order chi connectivity index (χ0) is 75.1. The highest BCUT2D eigenvalue weighted by atomic mass is 127. The van der Waals surface area contributed by atoms with Gasteiger partial charge in [-0.15, -0.1) is 5.54 Å². The van der Waals surface area contributed by atoms with E-state index in [1.807, 2.05) is 42.5 Å². The lowest BCUT2D eigenvalue weighted by atomic mass is 10.0. The third-order valence-corrected chi connectivity index (χ3v) is 17.8. The molecule has 4 aliphatic rings. The van der Waals surface area contributed by atoms with Crippen LogP contribution in [-0.4, -0.2) is 171 Å². The lowest BCUT2D eigenvalue weighted by Crippen LogP contribution is -2.29. The Labute approximate surface area is 609 Å². The minimum atomic E-state index is -5.66. The number of aromatic amines is 2. The number of carbonyl (C=O) groups is 3. The maximum atomic E-state index is 12.2. The molecule has 546 valence electrons. The van der Waals surface area contributed by atoms with E-state index in [-0.39, 0.29) is 11.1 Å². The first-order valence-corrected chi connectivity index (χ1v) is 37.8. The molecule has 4 N–H and O–H groups in total. The third-order valence-electron chi connectivity index (χ3n) is 15.0. The first-order chi connectivity index (χ1) is 49.2. The summed E-state index contributed by atoms with van der Waals surface area (Å²) in [7, 11) is 4.76. The predicted octanol–water partition coefficient (Wildman–Crippen LogP) is 8.60. The number of methoxy groups -OCH3 is 5. The summed E-state index contributed by atoms with van der Waals surface area (Å²) in [5.41, 5.74) is 9.23. The molecule has 13 heterocycles. The number of hydrogen-bond acceptors (Lipinski definition) is 24. The summed E-state index contributed by atoms with van der Waals surface area (Å²) in [6, 6.07) is 17.2. The second-order valence-corrected chi connectivity index (χ2v) is 31.2. The van der Waals surface area contributed by atoms with Crippen molar-refractivity contribution in [1.82, 2.24) is 65.3 Å². The van der Waals surface area contributed by atoms with Gasteiger partial charge < -0.3 is 58.3 Å². The molecule has 4 aliphatic heterocycles. The van der Waals surface area contributed by atoms with Gasteiger partial charge in [-0.1, -0.05) is 25.6 Å². The van der Waals surface area contributed by atoms with E-state index in [9.17, 15) is 45.6 Å². The molecule has 0 amide bonds. The monoisotopic (exact) mass is 1570 g/mol. The molecule has 0 aromatic carbocycles. The number of pyridine rings is 9. The normalized spacial score (nSPS) is 13.3. The van der Waals surface area contributed by atoms with Crippen LogP contribution < -0.4 is 49.6 Å². The van der Waals surface area contributed by atoms with Crippen LogP contribution in [0.2, 0.25) is 19.6 Å².